The Balaban J connectivity index is 1.67. The number of carbonyl (C=O) groups excluding carboxylic acids is 1. The largest absolute Gasteiger partial charge is 0.438 e. The number of carbonyl (C=O) groups is 1. The van der Waals surface area contributed by atoms with Crippen LogP contribution in [0.2, 0.25) is 0 Å². The third-order valence-electron chi connectivity index (χ3n) is 4.29. The van der Waals surface area contributed by atoms with Gasteiger partial charge in [-0.15, -0.1) is 0 Å². The molecule has 1 aromatic carbocycles. The first-order valence-electron chi connectivity index (χ1n) is 7.59. The van der Waals surface area contributed by atoms with Crippen LogP contribution in [0.3, 0.4) is 0 Å². The monoisotopic (exact) mass is 299 g/mol. The molecule has 1 aliphatic rings. The normalized spacial score (nSPS) is 15.2. The van der Waals surface area contributed by atoms with Gasteiger partial charge in [-0.25, -0.2) is 4.98 Å². The van der Waals surface area contributed by atoms with Crippen LogP contribution in [0.25, 0.3) is 0 Å². The Kier molecular flexibility index (Phi) is 3.88. The highest BCUT2D eigenvalue weighted by Gasteiger charge is 2.25. The maximum atomic E-state index is 12.3. The minimum absolute atomic E-state index is 0.117. The number of hydrogen-bond acceptors (Lipinski definition) is 4. The highest BCUT2D eigenvalue weighted by atomic mass is 16.4. The standard InChI is InChI=1S/C17H21N3O2/c1-12-5-4-6-15(14(12)3)19-7-9-20(10-8-19)17(21)16-18-11-13(2)22-16/h4-6,11H,7-10H2,1-3H3. The molecule has 0 bridgehead atoms. The number of aromatic nitrogens is 1. The van der Waals surface area contributed by atoms with Crippen LogP contribution in [-0.4, -0.2) is 42.0 Å². The summed E-state index contributed by atoms with van der Waals surface area (Å²) in [6.45, 7) is 9.11. The molecule has 1 amide bonds. The van der Waals surface area contributed by atoms with Crippen LogP contribution < -0.4 is 4.90 Å². The van der Waals surface area contributed by atoms with Gasteiger partial charge in [-0.2, -0.15) is 0 Å². The summed E-state index contributed by atoms with van der Waals surface area (Å²) in [6, 6.07) is 6.37. The second-order valence-electron chi connectivity index (χ2n) is 5.77. The van der Waals surface area contributed by atoms with E-state index >= 15 is 0 Å². The van der Waals surface area contributed by atoms with Crippen LogP contribution in [0, 0.1) is 20.8 Å². The molecule has 22 heavy (non-hydrogen) atoms. The average Bonchev–Trinajstić information content (AvgIpc) is 2.96. The number of rotatable bonds is 2. The Labute approximate surface area is 130 Å². The molecule has 0 N–H and O–H groups in total. The number of anilines is 1. The lowest BCUT2D eigenvalue weighted by molar-refractivity contribution is 0.0705. The topological polar surface area (TPSA) is 49.6 Å². The van der Waals surface area contributed by atoms with Crippen LogP contribution >= 0.6 is 0 Å². The maximum Gasteiger partial charge on any atom is 0.309 e. The molecule has 116 valence electrons. The fourth-order valence-corrected chi connectivity index (χ4v) is 2.82. The van der Waals surface area contributed by atoms with Crippen molar-refractivity contribution >= 4 is 11.6 Å². The first-order chi connectivity index (χ1) is 10.6. The van der Waals surface area contributed by atoms with Gasteiger partial charge >= 0.3 is 5.91 Å². The number of nitrogens with zero attached hydrogens (tertiary/aromatic N) is 3. The van der Waals surface area contributed by atoms with Crippen molar-refractivity contribution in [3.63, 3.8) is 0 Å². The van der Waals surface area contributed by atoms with Gasteiger partial charge in [0.1, 0.15) is 5.76 Å². The number of oxazole rings is 1. The second kappa shape index (κ2) is 5.83. The second-order valence-corrected chi connectivity index (χ2v) is 5.77. The summed E-state index contributed by atoms with van der Waals surface area (Å²) in [5.74, 6) is 0.740. The van der Waals surface area contributed by atoms with E-state index < -0.39 is 0 Å². The zero-order chi connectivity index (χ0) is 15.7. The van der Waals surface area contributed by atoms with Crippen LogP contribution in [0.1, 0.15) is 27.6 Å². The highest BCUT2D eigenvalue weighted by Crippen LogP contribution is 2.24. The molecule has 0 saturated carbocycles. The molecule has 2 aromatic rings. The Morgan fingerprint density at radius 1 is 1.14 bits per heavy atom. The smallest absolute Gasteiger partial charge is 0.309 e. The number of amides is 1. The minimum atomic E-state index is -0.117. The molecule has 5 nitrogen and oxygen atoms in total. The number of hydrogen-bond donors (Lipinski definition) is 0. The van der Waals surface area contributed by atoms with Crippen molar-refractivity contribution < 1.29 is 9.21 Å². The lowest BCUT2D eigenvalue weighted by Crippen LogP contribution is -2.49. The van der Waals surface area contributed by atoms with Crippen LogP contribution in [-0.2, 0) is 0 Å². The van der Waals surface area contributed by atoms with E-state index in [0.29, 0.717) is 18.8 Å². The van der Waals surface area contributed by atoms with Gasteiger partial charge in [0.25, 0.3) is 5.89 Å². The lowest BCUT2D eigenvalue weighted by Gasteiger charge is -2.36. The Morgan fingerprint density at radius 2 is 1.86 bits per heavy atom. The lowest BCUT2D eigenvalue weighted by atomic mass is 10.1. The molecular weight excluding hydrogens is 278 g/mol. The summed E-state index contributed by atoms with van der Waals surface area (Å²) in [5, 5.41) is 0. The molecule has 2 heterocycles. The summed E-state index contributed by atoms with van der Waals surface area (Å²) in [5.41, 5.74) is 3.87. The van der Waals surface area contributed by atoms with Crippen molar-refractivity contribution in [2.75, 3.05) is 31.1 Å². The van der Waals surface area contributed by atoms with E-state index in [1.165, 1.54) is 16.8 Å². The van der Waals surface area contributed by atoms with Gasteiger partial charge in [0, 0.05) is 31.9 Å². The van der Waals surface area contributed by atoms with E-state index in [1.807, 2.05) is 4.90 Å². The van der Waals surface area contributed by atoms with Gasteiger partial charge in [-0.05, 0) is 38.0 Å². The zero-order valence-electron chi connectivity index (χ0n) is 13.3. The molecule has 5 heteroatoms. The fraction of sp³-hybridized carbons (Fsp3) is 0.412. The van der Waals surface area contributed by atoms with Gasteiger partial charge in [0.2, 0.25) is 0 Å². The highest BCUT2D eigenvalue weighted by molar-refractivity contribution is 5.89. The van der Waals surface area contributed by atoms with Crippen molar-refractivity contribution in [3.05, 3.63) is 47.2 Å². The van der Waals surface area contributed by atoms with Crippen molar-refractivity contribution in [3.8, 4) is 0 Å². The van der Waals surface area contributed by atoms with E-state index in [4.69, 9.17) is 4.42 Å². The van der Waals surface area contributed by atoms with Crippen LogP contribution in [0.15, 0.2) is 28.8 Å². The molecule has 1 fully saturated rings. The summed E-state index contributed by atoms with van der Waals surface area (Å²) in [4.78, 5) is 20.5. The third kappa shape index (κ3) is 2.71. The molecule has 0 spiro atoms. The van der Waals surface area contributed by atoms with Crippen molar-refractivity contribution in [1.29, 1.82) is 0 Å². The van der Waals surface area contributed by atoms with E-state index in [1.54, 1.807) is 13.1 Å². The van der Waals surface area contributed by atoms with Gasteiger partial charge < -0.3 is 14.2 Å². The first-order valence-corrected chi connectivity index (χ1v) is 7.59. The number of aryl methyl sites for hydroxylation is 2. The molecule has 1 saturated heterocycles. The summed E-state index contributed by atoms with van der Waals surface area (Å²) in [7, 11) is 0. The molecule has 1 aromatic heterocycles. The van der Waals surface area contributed by atoms with Crippen molar-refractivity contribution in [1.82, 2.24) is 9.88 Å². The fourth-order valence-electron chi connectivity index (χ4n) is 2.82. The quantitative estimate of drug-likeness (QED) is 0.855. The van der Waals surface area contributed by atoms with E-state index in [0.717, 1.165) is 13.1 Å². The molecule has 0 aliphatic carbocycles. The number of piperazine rings is 1. The maximum absolute atomic E-state index is 12.3. The Bertz CT molecular complexity index is 685. The Morgan fingerprint density at radius 3 is 2.50 bits per heavy atom. The van der Waals surface area contributed by atoms with Crippen molar-refractivity contribution in [2.45, 2.75) is 20.8 Å². The predicted octanol–water partition coefficient (Wildman–Crippen LogP) is 2.56. The van der Waals surface area contributed by atoms with Gasteiger partial charge in [0.05, 0.1) is 6.20 Å². The molecule has 1 aliphatic heterocycles. The van der Waals surface area contributed by atoms with Gasteiger partial charge in [-0.3, -0.25) is 4.79 Å². The average molecular weight is 299 g/mol. The molecule has 3 rings (SSSR count). The first kappa shape index (κ1) is 14.6. The van der Waals surface area contributed by atoms with E-state index in [2.05, 4.69) is 41.9 Å². The van der Waals surface area contributed by atoms with Gasteiger partial charge in [-0.1, -0.05) is 12.1 Å². The van der Waals surface area contributed by atoms with Crippen LogP contribution in [0.5, 0.6) is 0 Å². The third-order valence-corrected chi connectivity index (χ3v) is 4.29. The minimum Gasteiger partial charge on any atom is -0.438 e. The van der Waals surface area contributed by atoms with Gasteiger partial charge in [0.15, 0.2) is 0 Å². The zero-order valence-corrected chi connectivity index (χ0v) is 13.3. The molecule has 0 unspecified atom stereocenters. The van der Waals surface area contributed by atoms with E-state index in [9.17, 15) is 4.79 Å². The molecular formula is C17H21N3O2. The SMILES string of the molecule is Cc1cnc(C(=O)N2CCN(c3cccc(C)c3C)CC2)o1. The summed E-state index contributed by atoms with van der Waals surface area (Å²) >= 11 is 0. The summed E-state index contributed by atoms with van der Waals surface area (Å²) < 4.78 is 5.33. The molecule has 0 radical (unpaired) electrons. The van der Waals surface area contributed by atoms with Crippen molar-refractivity contribution in [2.24, 2.45) is 0 Å². The van der Waals surface area contributed by atoms with Crippen LogP contribution in [0.4, 0.5) is 5.69 Å². The summed E-state index contributed by atoms with van der Waals surface area (Å²) in [6.07, 6.45) is 1.58. The predicted molar refractivity (Wildman–Crippen MR) is 85.3 cm³/mol. The number of benzene rings is 1. The van der Waals surface area contributed by atoms with E-state index in [-0.39, 0.29) is 11.8 Å². The Hall–Kier alpha value is -2.30. The molecule has 0 atom stereocenters.